The Morgan fingerprint density at radius 3 is 2.17 bits per heavy atom. The molecule has 24 heavy (non-hydrogen) atoms. The molecule has 2 nitrogen and oxygen atoms in total. The van der Waals surface area contributed by atoms with E-state index in [1.807, 2.05) is 0 Å². The number of alkyl halides is 4. The summed E-state index contributed by atoms with van der Waals surface area (Å²) in [6.45, 7) is -1.32. The van der Waals surface area contributed by atoms with Gasteiger partial charge >= 0.3 is 0 Å². The monoisotopic (exact) mass is 335 g/mol. The van der Waals surface area contributed by atoms with Crippen molar-refractivity contribution in [3.8, 4) is 22.4 Å². The molecule has 0 bridgehead atoms. The van der Waals surface area contributed by atoms with E-state index in [2.05, 4.69) is 9.68 Å². The minimum atomic E-state index is -2.77. The molecule has 0 N–H and O–H groups in total. The molecule has 1 aromatic heterocycles. The highest BCUT2D eigenvalue weighted by Gasteiger charge is 2.17. The van der Waals surface area contributed by atoms with Crippen molar-refractivity contribution in [1.29, 1.82) is 0 Å². The van der Waals surface area contributed by atoms with Crippen LogP contribution in [0.25, 0.3) is 22.4 Å². The zero-order chi connectivity index (χ0) is 17.1. The second-order valence-corrected chi connectivity index (χ2v) is 5.25. The van der Waals surface area contributed by atoms with E-state index >= 15 is 0 Å². The van der Waals surface area contributed by atoms with Crippen LogP contribution in [0.3, 0.4) is 0 Å². The fourth-order valence-corrected chi connectivity index (χ4v) is 2.44. The van der Waals surface area contributed by atoms with E-state index < -0.39 is 25.5 Å². The molecular weight excluding hydrogens is 322 g/mol. The number of rotatable bonds is 5. The van der Waals surface area contributed by atoms with E-state index in [4.69, 9.17) is 0 Å². The molecule has 0 saturated carbocycles. The molecule has 6 heteroatoms. The Bertz CT molecular complexity index is 827. The van der Waals surface area contributed by atoms with E-state index in [0.29, 0.717) is 16.7 Å². The first-order valence-electron chi connectivity index (χ1n) is 7.21. The number of halogens is 4. The van der Waals surface area contributed by atoms with Crippen LogP contribution in [-0.4, -0.2) is 5.16 Å². The molecule has 0 unspecified atom stereocenters. The normalized spacial score (nSPS) is 11.2. The summed E-state index contributed by atoms with van der Waals surface area (Å²) >= 11 is 0. The van der Waals surface area contributed by atoms with E-state index in [-0.39, 0.29) is 5.69 Å². The van der Waals surface area contributed by atoms with Crippen molar-refractivity contribution in [3.63, 3.8) is 0 Å². The minimum Gasteiger partial charge on any atom is -0.355 e. The maximum absolute atomic E-state index is 13.4. The van der Waals surface area contributed by atoms with Gasteiger partial charge in [-0.25, -0.2) is 17.6 Å². The van der Waals surface area contributed by atoms with Crippen molar-refractivity contribution >= 4 is 0 Å². The Kier molecular flexibility index (Phi) is 4.64. The van der Waals surface area contributed by atoms with Gasteiger partial charge in [-0.3, -0.25) is 0 Å². The van der Waals surface area contributed by atoms with E-state index in [9.17, 15) is 17.6 Å². The summed E-state index contributed by atoms with van der Waals surface area (Å²) in [5, 5.41) is 3.58. The highest BCUT2D eigenvalue weighted by Crippen LogP contribution is 2.31. The van der Waals surface area contributed by atoms with Gasteiger partial charge in [-0.05, 0) is 28.3 Å². The van der Waals surface area contributed by atoms with Crippen molar-refractivity contribution in [1.82, 2.24) is 5.16 Å². The summed E-state index contributed by atoms with van der Waals surface area (Å²) in [7, 11) is 0. The fraction of sp³-hybridized carbons (Fsp3) is 0.167. The van der Waals surface area contributed by atoms with Crippen LogP contribution in [0.5, 0.6) is 0 Å². The quantitative estimate of drug-likeness (QED) is 0.544. The molecule has 0 spiro atoms. The lowest BCUT2D eigenvalue weighted by molar-refractivity contribution is 0.112. The second-order valence-electron chi connectivity index (χ2n) is 5.25. The van der Waals surface area contributed by atoms with Gasteiger partial charge in [-0.15, -0.1) is 0 Å². The number of benzene rings is 2. The molecule has 3 aromatic rings. The molecule has 0 radical (unpaired) electrons. The molecule has 0 atom stereocenters. The first-order valence-corrected chi connectivity index (χ1v) is 7.21. The summed E-state index contributed by atoms with van der Waals surface area (Å²) in [6.07, 6.45) is -2.77. The third-order valence-corrected chi connectivity index (χ3v) is 3.71. The van der Waals surface area contributed by atoms with Crippen LogP contribution < -0.4 is 0 Å². The lowest BCUT2D eigenvalue weighted by Crippen LogP contribution is -1.89. The van der Waals surface area contributed by atoms with Gasteiger partial charge in [-0.2, -0.15) is 0 Å². The minimum absolute atomic E-state index is 0.164. The van der Waals surface area contributed by atoms with Crippen molar-refractivity contribution in [3.05, 3.63) is 65.4 Å². The molecule has 2 aromatic carbocycles. The number of nitrogens with zero attached hydrogens (tertiary/aromatic N) is 1. The van der Waals surface area contributed by atoms with Gasteiger partial charge < -0.3 is 4.52 Å². The third kappa shape index (κ3) is 3.18. The average molecular weight is 335 g/mol. The van der Waals surface area contributed by atoms with Gasteiger partial charge in [0.25, 0.3) is 6.43 Å². The zero-order valence-electron chi connectivity index (χ0n) is 12.5. The molecule has 0 aliphatic heterocycles. The van der Waals surface area contributed by atoms with Crippen LogP contribution in [0.1, 0.15) is 23.3 Å². The lowest BCUT2D eigenvalue weighted by Gasteiger charge is -2.08. The summed E-state index contributed by atoms with van der Waals surface area (Å²) in [5.41, 5.74) is 2.99. The summed E-state index contributed by atoms with van der Waals surface area (Å²) in [6, 6.07) is 12.9. The Morgan fingerprint density at radius 1 is 0.875 bits per heavy atom. The third-order valence-electron chi connectivity index (χ3n) is 3.71. The largest absolute Gasteiger partial charge is 0.355 e. The first kappa shape index (κ1) is 16.2. The predicted molar refractivity (Wildman–Crippen MR) is 82.0 cm³/mol. The zero-order valence-corrected chi connectivity index (χ0v) is 12.5. The molecule has 0 saturated heterocycles. The maximum Gasteiger partial charge on any atom is 0.298 e. The fourth-order valence-electron chi connectivity index (χ4n) is 2.44. The van der Waals surface area contributed by atoms with E-state index in [1.165, 1.54) is 0 Å². The highest BCUT2D eigenvalue weighted by atomic mass is 19.3. The van der Waals surface area contributed by atoms with Gasteiger partial charge in [0.15, 0.2) is 0 Å². The van der Waals surface area contributed by atoms with Gasteiger partial charge in [0.05, 0.1) is 0 Å². The molecular formula is C18H13F4NO. The average Bonchev–Trinajstić information content (AvgIpc) is 3.11. The molecule has 0 aliphatic rings. The van der Waals surface area contributed by atoms with E-state index in [1.54, 1.807) is 42.5 Å². The maximum atomic E-state index is 13.4. The van der Waals surface area contributed by atoms with Crippen molar-refractivity contribution in [2.45, 2.75) is 19.8 Å². The van der Waals surface area contributed by atoms with Crippen LogP contribution in [0.15, 0.2) is 53.1 Å². The molecule has 3 rings (SSSR count). The van der Waals surface area contributed by atoms with Crippen molar-refractivity contribution < 1.29 is 22.1 Å². The standard InChI is InChI=1S/C18H13F4NO/c19-9-11-1-3-12(4-2-11)13-5-6-15(14(7-13)10-20)16-8-17(18(21)22)24-23-16/h1-8,18H,9-10H2. The van der Waals surface area contributed by atoms with Crippen LogP contribution in [0.2, 0.25) is 0 Å². The van der Waals surface area contributed by atoms with Crippen LogP contribution in [0, 0.1) is 0 Å². The number of hydrogen-bond donors (Lipinski definition) is 0. The molecule has 124 valence electrons. The first-order chi connectivity index (χ1) is 11.6. The van der Waals surface area contributed by atoms with Crippen LogP contribution >= 0.6 is 0 Å². The molecule has 0 fully saturated rings. The van der Waals surface area contributed by atoms with Gasteiger partial charge in [-0.1, -0.05) is 41.6 Å². The van der Waals surface area contributed by atoms with Crippen LogP contribution in [0.4, 0.5) is 17.6 Å². The van der Waals surface area contributed by atoms with Crippen LogP contribution in [-0.2, 0) is 13.3 Å². The molecule has 0 amide bonds. The van der Waals surface area contributed by atoms with Gasteiger partial charge in [0.2, 0.25) is 5.76 Å². The Hall–Kier alpha value is -2.63. The highest BCUT2D eigenvalue weighted by molar-refractivity contribution is 5.72. The van der Waals surface area contributed by atoms with Gasteiger partial charge in [0.1, 0.15) is 19.0 Å². The second kappa shape index (κ2) is 6.86. The lowest BCUT2D eigenvalue weighted by atomic mass is 9.97. The topological polar surface area (TPSA) is 26.0 Å². The molecule has 0 aliphatic carbocycles. The summed E-state index contributed by atoms with van der Waals surface area (Å²) < 4.78 is 55.7. The predicted octanol–water partition coefficient (Wildman–Crippen LogP) is 5.89. The van der Waals surface area contributed by atoms with Gasteiger partial charge in [0, 0.05) is 11.6 Å². The number of hydrogen-bond acceptors (Lipinski definition) is 2. The van der Waals surface area contributed by atoms with Crippen molar-refractivity contribution in [2.75, 3.05) is 0 Å². The number of aromatic nitrogens is 1. The Balaban J connectivity index is 1.97. The summed E-state index contributed by atoms with van der Waals surface area (Å²) in [4.78, 5) is 0. The molecule has 1 heterocycles. The van der Waals surface area contributed by atoms with Crippen molar-refractivity contribution in [2.24, 2.45) is 0 Å². The summed E-state index contributed by atoms with van der Waals surface area (Å²) in [5.74, 6) is -0.555. The van der Waals surface area contributed by atoms with E-state index in [0.717, 1.165) is 17.2 Å². The SMILES string of the molecule is FCc1ccc(-c2ccc(-c3cc(C(F)F)on3)c(CF)c2)cc1. The Morgan fingerprint density at radius 2 is 1.58 bits per heavy atom. The Labute approximate surface area is 135 Å². The smallest absolute Gasteiger partial charge is 0.298 e.